The van der Waals surface area contributed by atoms with Crippen LogP contribution in [0.2, 0.25) is 0 Å². The predicted molar refractivity (Wildman–Crippen MR) is 104 cm³/mol. The lowest BCUT2D eigenvalue weighted by Gasteiger charge is -2.16. The fourth-order valence-electron chi connectivity index (χ4n) is 2.64. The summed E-state index contributed by atoms with van der Waals surface area (Å²) in [6, 6.07) is 12.4. The van der Waals surface area contributed by atoms with Crippen molar-refractivity contribution in [3.05, 3.63) is 66.2 Å². The van der Waals surface area contributed by atoms with E-state index in [0.29, 0.717) is 17.0 Å². The molecule has 0 saturated carbocycles. The number of aromatic nitrogens is 2. The fraction of sp³-hybridized carbons (Fsp3) is 0.200. The van der Waals surface area contributed by atoms with Gasteiger partial charge in [0.2, 0.25) is 0 Å². The summed E-state index contributed by atoms with van der Waals surface area (Å²) in [7, 11) is 0. The Morgan fingerprint density at radius 2 is 1.93 bits per heavy atom. The van der Waals surface area contributed by atoms with Crippen LogP contribution in [0.5, 0.6) is 0 Å². The van der Waals surface area contributed by atoms with E-state index < -0.39 is 11.9 Å². The van der Waals surface area contributed by atoms with E-state index >= 15 is 0 Å². The molecule has 1 aromatic heterocycles. The first-order valence-electron chi connectivity index (χ1n) is 8.61. The lowest BCUT2D eigenvalue weighted by atomic mass is 10.1. The van der Waals surface area contributed by atoms with Crippen LogP contribution in [0.1, 0.15) is 29.9 Å². The van der Waals surface area contributed by atoms with Gasteiger partial charge in [-0.15, -0.1) is 0 Å². The quantitative estimate of drug-likeness (QED) is 0.463. The third-order valence-electron chi connectivity index (χ3n) is 3.99. The van der Waals surface area contributed by atoms with Crippen LogP contribution in [0.15, 0.2) is 60.1 Å². The third-order valence-corrected chi connectivity index (χ3v) is 3.99. The number of nitrogens with zero attached hydrogens (tertiary/aromatic N) is 2. The number of aromatic amines is 1. The number of hydrazone groups is 1. The summed E-state index contributed by atoms with van der Waals surface area (Å²) < 4.78 is 0. The molecule has 2 aromatic carbocycles. The van der Waals surface area contributed by atoms with Crippen LogP contribution in [-0.2, 0) is 11.2 Å². The fourth-order valence-corrected chi connectivity index (χ4v) is 2.64. The maximum atomic E-state index is 12.7. The molecular weight excluding hydrogens is 342 g/mol. The van der Waals surface area contributed by atoms with E-state index in [1.807, 2.05) is 36.4 Å². The lowest BCUT2D eigenvalue weighted by molar-refractivity contribution is -0.122. The summed E-state index contributed by atoms with van der Waals surface area (Å²) >= 11 is 0. The topological polar surface area (TPSA) is 99.2 Å². The van der Waals surface area contributed by atoms with Crippen molar-refractivity contribution in [2.24, 2.45) is 5.10 Å². The van der Waals surface area contributed by atoms with Crippen LogP contribution in [0.4, 0.5) is 0 Å². The highest BCUT2D eigenvalue weighted by Crippen LogP contribution is 2.15. The smallest absolute Gasteiger partial charge is 0.263 e. The average Bonchev–Trinajstić information content (AvgIpc) is 3.18. The van der Waals surface area contributed by atoms with E-state index in [4.69, 9.17) is 0 Å². The van der Waals surface area contributed by atoms with Crippen LogP contribution in [0.25, 0.3) is 10.8 Å². The Bertz CT molecular complexity index is 975. The summed E-state index contributed by atoms with van der Waals surface area (Å²) in [5.74, 6) is -0.720. The molecule has 7 nitrogen and oxygen atoms in total. The second-order valence-corrected chi connectivity index (χ2v) is 6.39. The molecule has 0 saturated heterocycles. The zero-order valence-electron chi connectivity index (χ0n) is 15.2. The molecule has 1 heterocycles. The van der Waals surface area contributed by atoms with Gasteiger partial charge in [-0.25, -0.2) is 10.4 Å². The summed E-state index contributed by atoms with van der Waals surface area (Å²) in [5.41, 5.74) is 4.35. The van der Waals surface area contributed by atoms with Crippen molar-refractivity contribution in [3.8, 4) is 0 Å². The van der Waals surface area contributed by atoms with Crippen molar-refractivity contribution in [3.63, 3.8) is 0 Å². The number of benzene rings is 2. The Morgan fingerprint density at radius 3 is 2.63 bits per heavy atom. The van der Waals surface area contributed by atoms with Gasteiger partial charge in [0, 0.05) is 23.9 Å². The summed E-state index contributed by atoms with van der Waals surface area (Å²) in [6.45, 7) is 3.55. The van der Waals surface area contributed by atoms with Gasteiger partial charge >= 0.3 is 0 Å². The predicted octanol–water partition coefficient (Wildman–Crippen LogP) is 2.42. The average molecular weight is 363 g/mol. The molecule has 3 rings (SSSR count). The number of hydrogen-bond donors (Lipinski definition) is 3. The second-order valence-electron chi connectivity index (χ2n) is 6.39. The second kappa shape index (κ2) is 8.27. The van der Waals surface area contributed by atoms with Crippen molar-refractivity contribution in [2.75, 3.05) is 0 Å². The van der Waals surface area contributed by atoms with Gasteiger partial charge in [-0.05, 0) is 36.8 Å². The highest BCUT2D eigenvalue weighted by Gasteiger charge is 2.22. The Hall–Kier alpha value is -3.48. The highest BCUT2D eigenvalue weighted by atomic mass is 16.2. The standard InChI is InChI=1S/C20H21N5O2/c1-13(2)24-25-20(27)18(10-17-11-21-12-22-17)23-19(26)16-8-7-14-5-3-4-6-15(14)9-16/h3-9,11-12,18H,10H2,1-2H3,(H,21,22)(H,23,26)(H,25,27)/t18-/m0/s1. The summed E-state index contributed by atoms with van der Waals surface area (Å²) in [4.78, 5) is 32.2. The monoisotopic (exact) mass is 363 g/mol. The molecule has 27 heavy (non-hydrogen) atoms. The molecule has 2 amide bonds. The van der Waals surface area contributed by atoms with Crippen molar-refractivity contribution in [1.29, 1.82) is 0 Å². The number of hydrogen-bond acceptors (Lipinski definition) is 4. The lowest BCUT2D eigenvalue weighted by Crippen LogP contribution is -2.47. The van der Waals surface area contributed by atoms with Gasteiger partial charge in [0.05, 0.1) is 12.0 Å². The van der Waals surface area contributed by atoms with Gasteiger partial charge in [-0.3, -0.25) is 9.59 Å². The molecule has 1 atom stereocenters. The third kappa shape index (κ3) is 4.78. The number of carbonyl (C=O) groups is 2. The number of amides is 2. The first kappa shape index (κ1) is 18.3. The van der Waals surface area contributed by atoms with Gasteiger partial charge in [0.25, 0.3) is 11.8 Å². The minimum absolute atomic E-state index is 0.257. The van der Waals surface area contributed by atoms with E-state index in [-0.39, 0.29) is 12.3 Å². The molecule has 3 N–H and O–H groups in total. The minimum atomic E-state index is -0.796. The number of rotatable bonds is 6. The number of carbonyl (C=O) groups excluding carboxylic acids is 2. The van der Waals surface area contributed by atoms with Gasteiger partial charge in [0.15, 0.2) is 0 Å². The molecule has 0 spiro atoms. The van der Waals surface area contributed by atoms with Crippen molar-refractivity contribution < 1.29 is 9.59 Å². The van der Waals surface area contributed by atoms with Crippen LogP contribution in [0, 0.1) is 0 Å². The molecule has 0 unspecified atom stereocenters. The van der Waals surface area contributed by atoms with Crippen LogP contribution in [-0.4, -0.2) is 33.5 Å². The van der Waals surface area contributed by atoms with Gasteiger partial charge in [-0.2, -0.15) is 5.10 Å². The molecule has 3 aromatic rings. The zero-order valence-corrected chi connectivity index (χ0v) is 15.2. The Labute approximate surface area is 156 Å². The summed E-state index contributed by atoms with van der Waals surface area (Å²) in [6.07, 6.45) is 3.48. The molecule has 0 aliphatic rings. The number of imidazole rings is 1. The molecular formula is C20H21N5O2. The van der Waals surface area contributed by atoms with Crippen LogP contribution < -0.4 is 10.7 Å². The van der Waals surface area contributed by atoms with E-state index in [0.717, 1.165) is 10.8 Å². The van der Waals surface area contributed by atoms with Crippen LogP contribution in [0.3, 0.4) is 0 Å². The maximum absolute atomic E-state index is 12.7. The van der Waals surface area contributed by atoms with E-state index in [1.165, 1.54) is 6.33 Å². The Kier molecular flexibility index (Phi) is 5.61. The molecule has 7 heteroatoms. The zero-order chi connectivity index (χ0) is 19.2. The number of H-pyrrole nitrogens is 1. The Morgan fingerprint density at radius 1 is 1.15 bits per heavy atom. The minimum Gasteiger partial charge on any atom is -0.351 e. The van der Waals surface area contributed by atoms with Crippen molar-refractivity contribution in [1.82, 2.24) is 20.7 Å². The maximum Gasteiger partial charge on any atom is 0.263 e. The number of nitrogens with one attached hydrogen (secondary N) is 3. The van der Waals surface area contributed by atoms with E-state index in [1.54, 1.807) is 26.1 Å². The van der Waals surface area contributed by atoms with Crippen molar-refractivity contribution >= 4 is 28.3 Å². The van der Waals surface area contributed by atoms with E-state index in [9.17, 15) is 9.59 Å². The molecule has 0 fully saturated rings. The molecule has 0 bridgehead atoms. The largest absolute Gasteiger partial charge is 0.351 e. The van der Waals surface area contributed by atoms with Gasteiger partial charge < -0.3 is 10.3 Å². The molecule has 0 aliphatic heterocycles. The first-order valence-corrected chi connectivity index (χ1v) is 8.61. The molecule has 0 aliphatic carbocycles. The summed E-state index contributed by atoms with van der Waals surface area (Å²) in [5, 5.41) is 8.73. The SMILES string of the molecule is CC(C)=NNC(=O)[C@H](Cc1c[nH]cn1)NC(=O)c1ccc2ccccc2c1. The normalized spacial score (nSPS) is 11.6. The highest BCUT2D eigenvalue weighted by molar-refractivity contribution is 6.00. The number of fused-ring (bicyclic) bond motifs is 1. The first-order chi connectivity index (χ1) is 13.0. The molecule has 0 radical (unpaired) electrons. The Balaban J connectivity index is 1.79. The molecule has 138 valence electrons. The van der Waals surface area contributed by atoms with E-state index in [2.05, 4.69) is 25.8 Å². The van der Waals surface area contributed by atoms with Gasteiger partial charge in [0.1, 0.15) is 6.04 Å². The van der Waals surface area contributed by atoms with Gasteiger partial charge in [-0.1, -0.05) is 30.3 Å². The van der Waals surface area contributed by atoms with Crippen molar-refractivity contribution in [2.45, 2.75) is 26.3 Å². The van der Waals surface area contributed by atoms with Crippen LogP contribution >= 0.6 is 0 Å².